The van der Waals surface area contributed by atoms with Crippen molar-refractivity contribution in [3.05, 3.63) is 42.5 Å². The predicted octanol–water partition coefficient (Wildman–Crippen LogP) is 3.68. The summed E-state index contributed by atoms with van der Waals surface area (Å²) >= 11 is 0. The molecule has 1 saturated heterocycles. The Labute approximate surface area is 123 Å². The molecular formula is C17H17N3O. The van der Waals surface area contributed by atoms with Gasteiger partial charge in [0.05, 0.1) is 0 Å². The first-order valence-electron chi connectivity index (χ1n) is 7.31. The van der Waals surface area contributed by atoms with Crippen LogP contribution in [0.2, 0.25) is 0 Å². The Kier molecular flexibility index (Phi) is 2.81. The van der Waals surface area contributed by atoms with Crippen molar-refractivity contribution in [3.8, 4) is 11.5 Å². The van der Waals surface area contributed by atoms with E-state index in [-0.39, 0.29) is 0 Å². The molecule has 21 heavy (non-hydrogen) atoms. The highest BCUT2D eigenvalue weighted by atomic mass is 16.3. The number of hydrogen-bond acceptors (Lipinski definition) is 4. The lowest BCUT2D eigenvalue weighted by Gasteiger charge is -2.17. The monoisotopic (exact) mass is 279 g/mol. The summed E-state index contributed by atoms with van der Waals surface area (Å²) in [6.45, 7) is 2.31. The summed E-state index contributed by atoms with van der Waals surface area (Å²) in [5.41, 5.74) is 10.3. The van der Waals surface area contributed by atoms with E-state index in [9.17, 15) is 0 Å². The summed E-state index contributed by atoms with van der Waals surface area (Å²) in [5.74, 6) is 0.642. The van der Waals surface area contributed by atoms with Crippen LogP contribution >= 0.6 is 0 Å². The third-order valence-electron chi connectivity index (χ3n) is 4.00. The maximum absolute atomic E-state index is 5.79. The zero-order valence-electron chi connectivity index (χ0n) is 11.7. The maximum Gasteiger partial charge on any atom is 0.227 e. The molecule has 0 saturated carbocycles. The van der Waals surface area contributed by atoms with Gasteiger partial charge in [-0.15, -0.1) is 0 Å². The highest BCUT2D eigenvalue weighted by Gasteiger charge is 2.13. The van der Waals surface area contributed by atoms with Gasteiger partial charge in [-0.05, 0) is 55.3 Å². The summed E-state index contributed by atoms with van der Waals surface area (Å²) in [6.07, 6.45) is 2.57. The first-order chi connectivity index (χ1) is 10.3. The van der Waals surface area contributed by atoms with Gasteiger partial charge in [0.1, 0.15) is 5.52 Å². The van der Waals surface area contributed by atoms with Crippen LogP contribution in [0.5, 0.6) is 0 Å². The fraction of sp³-hybridized carbons (Fsp3) is 0.235. The van der Waals surface area contributed by atoms with Gasteiger partial charge in [0.25, 0.3) is 0 Å². The van der Waals surface area contributed by atoms with Crippen LogP contribution in [0.15, 0.2) is 46.9 Å². The molecule has 0 radical (unpaired) electrons. The minimum absolute atomic E-state index is 0.642. The average molecular weight is 279 g/mol. The quantitative estimate of drug-likeness (QED) is 0.727. The summed E-state index contributed by atoms with van der Waals surface area (Å²) in [5, 5.41) is 0. The molecule has 3 aromatic rings. The van der Waals surface area contributed by atoms with E-state index in [1.54, 1.807) is 0 Å². The molecule has 0 aliphatic carbocycles. The third kappa shape index (κ3) is 2.23. The van der Waals surface area contributed by atoms with Gasteiger partial charge in [0.15, 0.2) is 5.58 Å². The van der Waals surface area contributed by atoms with Gasteiger partial charge in [-0.2, -0.15) is 0 Å². The molecule has 2 aromatic carbocycles. The second-order valence-corrected chi connectivity index (χ2v) is 5.49. The number of nitrogens with two attached hydrogens (primary N) is 1. The van der Waals surface area contributed by atoms with E-state index >= 15 is 0 Å². The van der Waals surface area contributed by atoms with Crippen molar-refractivity contribution in [2.75, 3.05) is 23.7 Å². The van der Waals surface area contributed by atoms with Crippen LogP contribution in [0.25, 0.3) is 22.6 Å². The zero-order chi connectivity index (χ0) is 14.2. The molecular weight excluding hydrogens is 262 g/mol. The molecule has 1 aliphatic heterocycles. The summed E-state index contributed by atoms with van der Waals surface area (Å²) < 4.78 is 5.79. The van der Waals surface area contributed by atoms with Crippen molar-refractivity contribution in [1.82, 2.24) is 4.98 Å². The van der Waals surface area contributed by atoms with Crippen molar-refractivity contribution in [2.45, 2.75) is 12.8 Å². The van der Waals surface area contributed by atoms with Crippen molar-refractivity contribution >= 4 is 22.5 Å². The lowest BCUT2D eigenvalue weighted by atomic mass is 10.2. The predicted molar refractivity (Wildman–Crippen MR) is 85.3 cm³/mol. The number of aromatic nitrogens is 1. The molecule has 0 bridgehead atoms. The largest absolute Gasteiger partial charge is 0.436 e. The highest BCUT2D eigenvalue weighted by Crippen LogP contribution is 2.28. The minimum Gasteiger partial charge on any atom is -0.436 e. The van der Waals surface area contributed by atoms with Gasteiger partial charge in [0.2, 0.25) is 5.89 Å². The molecule has 2 N–H and O–H groups in total. The van der Waals surface area contributed by atoms with Crippen molar-refractivity contribution in [2.24, 2.45) is 0 Å². The fourth-order valence-electron chi connectivity index (χ4n) is 2.86. The van der Waals surface area contributed by atoms with E-state index in [1.807, 2.05) is 18.2 Å². The summed E-state index contributed by atoms with van der Waals surface area (Å²) in [6, 6.07) is 14.0. The SMILES string of the molecule is Nc1ccc2oc(-c3ccc(N4CCCC4)cc3)nc2c1. The Hall–Kier alpha value is -2.49. The smallest absolute Gasteiger partial charge is 0.227 e. The highest BCUT2D eigenvalue weighted by molar-refractivity contribution is 5.79. The topological polar surface area (TPSA) is 55.3 Å². The number of oxazole rings is 1. The van der Waals surface area contributed by atoms with Gasteiger partial charge in [-0.1, -0.05) is 0 Å². The Morgan fingerprint density at radius 1 is 1.00 bits per heavy atom. The number of hydrogen-bond donors (Lipinski definition) is 1. The number of anilines is 2. The zero-order valence-corrected chi connectivity index (χ0v) is 11.7. The Morgan fingerprint density at radius 2 is 1.76 bits per heavy atom. The second kappa shape index (κ2) is 4.81. The van der Waals surface area contributed by atoms with E-state index in [0.717, 1.165) is 29.8 Å². The van der Waals surface area contributed by atoms with E-state index in [1.165, 1.54) is 18.5 Å². The molecule has 0 unspecified atom stereocenters. The molecule has 1 fully saturated rings. The summed E-state index contributed by atoms with van der Waals surface area (Å²) in [7, 11) is 0. The van der Waals surface area contributed by atoms with Crippen molar-refractivity contribution < 1.29 is 4.42 Å². The molecule has 0 amide bonds. The first-order valence-corrected chi connectivity index (χ1v) is 7.31. The second-order valence-electron chi connectivity index (χ2n) is 5.49. The third-order valence-corrected chi connectivity index (χ3v) is 4.00. The minimum atomic E-state index is 0.642. The molecule has 2 heterocycles. The van der Waals surface area contributed by atoms with Crippen LogP contribution in [0.4, 0.5) is 11.4 Å². The van der Waals surface area contributed by atoms with Crippen LogP contribution in [0.3, 0.4) is 0 Å². The van der Waals surface area contributed by atoms with Gasteiger partial charge in [-0.3, -0.25) is 0 Å². The lowest BCUT2D eigenvalue weighted by molar-refractivity contribution is 0.620. The van der Waals surface area contributed by atoms with E-state index < -0.39 is 0 Å². The Morgan fingerprint density at radius 3 is 2.52 bits per heavy atom. The van der Waals surface area contributed by atoms with Gasteiger partial charge < -0.3 is 15.1 Å². The molecule has 106 valence electrons. The van der Waals surface area contributed by atoms with Gasteiger partial charge >= 0.3 is 0 Å². The molecule has 0 atom stereocenters. The Balaban J connectivity index is 1.67. The fourth-order valence-corrected chi connectivity index (χ4v) is 2.86. The maximum atomic E-state index is 5.79. The number of nitrogen functional groups attached to an aromatic ring is 1. The number of nitrogens with zero attached hydrogens (tertiary/aromatic N) is 2. The first kappa shape index (κ1) is 12.3. The van der Waals surface area contributed by atoms with Crippen LogP contribution < -0.4 is 10.6 Å². The number of benzene rings is 2. The lowest BCUT2D eigenvalue weighted by Crippen LogP contribution is -2.17. The molecule has 1 aliphatic rings. The molecule has 1 aromatic heterocycles. The molecule has 4 nitrogen and oxygen atoms in total. The van der Waals surface area contributed by atoms with E-state index in [2.05, 4.69) is 34.1 Å². The van der Waals surface area contributed by atoms with E-state index in [0.29, 0.717) is 11.6 Å². The molecule has 4 heteroatoms. The average Bonchev–Trinajstić information content (AvgIpc) is 3.16. The number of fused-ring (bicyclic) bond motifs is 1. The molecule has 0 spiro atoms. The van der Waals surface area contributed by atoms with Gasteiger partial charge in [-0.25, -0.2) is 4.98 Å². The van der Waals surface area contributed by atoms with Crippen LogP contribution in [-0.4, -0.2) is 18.1 Å². The normalized spacial score (nSPS) is 15.0. The van der Waals surface area contributed by atoms with Crippen LogP contribution in [-0.2, 0) is 0 Å². The van der Waals surface area contributed by atoms with Crippen LogP contribution in [0, 0.1) is 0 Å². The van der Waals surface area contributed by atoms with Crippen molar-refractivity contribution in [3.63, 3.8) is 0 Å². The summed E-state index contributed by atoms with van der Waals surface area (Å²) in [4.78, 5) is 6.92. The van der Waals surface area contributed by atoms with E-state index in [4.69, 9.17) is 10.2 Å². The molecule has 4 rings (SSSR count). The van der Waals surface area contributed by atoms with Crippen LogP contribution in [0.1, 0.15) is 12.8 Å². The van der Waals surface area contributed by atoms with Gasteiger partial charge in [0, 0.05) is 30.0 Å². The number of rotatable bonds is 2. The Bertz CT molecular complexity index is 770. The standard InChI is InChI=1S/C17H17N3O/c18-13-5-8-16-15(11-13)19-17(21-16)12-3-6-14(7-4-12)20-9-1-2-10-20/h3-8,11H,1-2,9-10,18H2. The van der Waals surface area contributed by atoms with Crippen molar-refractivity contribution in [1.29, 1.82) is 0 Å².